The Balaban J connectivity index is 2.66. The van der Waals surface area contributed by atoms with Gasteiger partial charge in [-0.3, -0.25) is 0 Å². The van der Waals surface area contributed by atoms with Gasteiger partial charge in [0.1, 0.15) is 4.88 Å². The van der Waals surface area contributed by atoms with E-state index in [1.807, 2.05) is 38.1 Å². The van der Waals surface area contributed by atoms with Crippen molar-refractivity contribution in [2.75, 3.05) is 12.8 Å². The predicted octanol–water partition coefficient (Wildman–Crippen LogP) is 4.56. The van der Waals surface area contributed by atoms with Crippen LogP contribution in [0.5, 0.6) is 0 Å². The molecular formula is C15H16ClNO2S. The van der Waals surface area contributed by atoms with E-state index in [1.54, 1.807) is 0 Å². The average molecular weight is 310 g/mol. The van der Waals surface area contributed by atoms with Gasteiger partial charge in [0.05, 0.1) is 12.8 Å². The van der Waals surface area contributed by atoms with Crippen LogP contribution < -0.4 is 5.73 Å². The lowest BCUT2D eigenvalue weighted by atomic mass is 9.98. The van der Waals surface area contributed by atoms with E-state index in [9.17, 15) is 4.79 Å². The van der Waals surface area contributed by atoms with E-state index >= 15 is 0 Å². The van der Waals surface area contributed by atoms with Crippen LogP contribution in [-0.2, 0) is 4.74 Å². The van der Waals surface area contributed by atoms with Crippen molar-refractivity contribution >= 4 is 34.6 Å². The number of carbonyl (C=O) groups is 1. The number of methoxy groups -OCH3 is 1. The van der Waals surface area contributed by atoms with Crippen molar-refractivity contribution < 1.29 is 9.53 Å². The summed E-state index contributed by atoms with van der Waals surface area (Å²) >= 11 is 7.40. The molecule has 0 fully saturated rings. The summed E-state index contributed by atoms with van der Waals surface area (Å²) in [4.78, 5) is 13.2. The molecule has 0 spiro atoms. The second-order valence-electron chi connectivity index (χ2n) is 4.74. The maximum absolute atomic E-state index is 11.8. The zero-order valence-corrected chi connectivity index (χ0v) is 13.1. The average Bonchev–Trinajstić information content (AvgIpc) is 2.75. The molecule has 0 unspecified atom stereocenters. The van der Waals surface area contributed by atoms with Gasteiger partial charge in [0.2, 0.25) is 0 Å². The largest absolute Gasteiger partial charge is 0.465 e. The summed E-state index contributed by atoms with van der Waals surface area (Å²) in [5.74, 6) is -0.193. The molecule has 1 heterocycles. The summed E-state index contributed by atoms with van der Waals surface area (Å²) < 4.78 is 4.79. The molecule has 0 aliphatic heterocycles. The van der Waals surface area contributed by atoms with Gasteiger partial charge >= 0.3 is 5.97 Å². The van der Waals surface area contributed by atoms with Gasteiger partial charge in [-0.05, 0) is 29.2 Å². The molecule has 106 valence electrons. The highest BCUT2D eigenvalue weighted by molar-refractivity contribution is 7.18. The molecule has 20 heavy (non-hydrogen) atoms. The Morgan fingerprint density at radius 3 is 2.65 bits per heavy atom. The number of anilines is 1. The van der Waals surface area contributed by atoms with Crippen LogP contribution in [0.25, 0.3) is 10.4 Å². The highest BCUT2D eigenvalue weighted by Crippen LogP contribution is 2.43. The molecule has 0 aliphatic rings. The van der Waals surface area contributed by atoms with Crippen molar-refractivity contribution in [3.63, 3.8) is 0 Å². The molecule has 0 amide bonds. The maximum atomic E-state index is 11.8. The highest BCUT2D eigenvalue weighted by Gasteiger charge is 2.24. The van der Waals surface area contributed by atoms with E-state index in [0.29, 0.717) is 15.6 Å². The number of thiophene rings is 1. The Labute approximate surface area is 127 Å². The first kappa shape index (κ1) is 14.9. The normalized spacial score (nSPS) is 10.8. The zero-order chi connectivity index (χ0) is 14.9. The number of nitrogens with two attached hydrogens (primary N) is 1. The smallest absolute Gasteiger partial charge is 0.350 e. The monoisotopic (exact) mass is 309 g/mol. The van der Waals surface area contributed by atoms with E-state index in [-0.39, 0.29) is 5.92 Å². The van der Waals surface area contributed by atoms with E-state index in [0.717, 1.165) is 16.0 Å². The predicted molar refractivity (Wildman–Crippen MR) is 84.6 cm³/mol. The standard InChI is InChI=1S/C15H16ClNO2S/c1-8(2)11-12(17)14(15(18)19-3)20-13(11)9-5-4-6-10(16)7-9/h4-8H,17H2,1-3H3. The summed E-state index contributed by atoms with van der Waals surface area (Å²) in [5, 5.41) is 0.656. The molecule has 0 atom stereocenters. The number of carbonyl (C=O) groups excluding carboxylic acids is 1. The minimum Gasteiger partial charge on any atom is -0.465 e. The Kier molecular flexibility index (Phi) is 4.35. The number of nitrogen functional groups attached to an aromatic ring is 1. The molecule has 0 saturated carbocycles. The molecular weight excluding hydrogens is 294 g/mol. The Morgan fingerprint density at radius 2 is 2.10 bits per heavy atom. The second-order valence-corrected chi connectivity index (χ2v) is 6.20. The Morgan fingerprint density at radius 1 is 1.40 bits per heavy atom. The van der Waals surface area contributed by atoms with Crippen LogP contribution in [0.2, 0.25) is 5.02 Å². The fraction of sp³-hybridized carbons (Fsp3) is 0.267. The third kappa shape index (κ3) is 2.67. The minimum absolute atomic E-state index is 0.207. The molecule has 2 N–H and O–H groups in total. The van der Waals surface area contributed by atoms with Crippen LogP contribution in [0.4, 0.5) is 5.69 Å². The fourth-order valence-electron chi connectivity index (χ4n) is 2.12. The number of rotatable bonds is 3. The fourth-order valence-corrected chi connectivity index (χ4v) is 3.60. The molecule has 2 rings (SSSR count). The van der Waals surface area contributed by atoms with E-state index < -0.39 is 5.97 Å². The van der Waals surface area contributed by atoms with Crippen LogP contribution >= 0.6 is 22.9 Å². The lowest BCUT2D eigenvalue weighted by Gasteiger charge is -2.09. The van der Waals surface area contributed by atoms with Crippen LogP contribution in [-0.4, -0.2) is 13.1 Å². The number of hydrogen-bond acceptors (Lipinski definition) is 4. The van der Waals surface area contributed by atoms with Gasteiger partial charge in [-0.25, -0.2) is 4.79 Å². The van der Waals surface area contributed by atoms with Crippen LogP contribution in [0.1, 0.15) is 35.0 Å². The number of halogens is 1. The maximum Gasteiger partial charge on any atom is 0.350 e. The molecule has 3 nitrogen and oxygen atoms in total. The minimum atomic E-state index is -0.400. The molecule has 1 aromatic heterocycles. The third-order valence-corrected chi connectivity index (χ3v) is 4.50. The first-order valence-electron chi connectivity index (χ1n) is 6.22. The molecule has 0 radical (unpaired) electrons. The van der Waals surface area contributed by atoms with Gasteiger partial charge in [-0.1, -0.05) is 37.6 Å². The quantitative estimate of drug-likeness (QED) is 0.846. The van der Waals surface area contributed by atoms with Gasteiger partial charge < -0.3 is 10.5 Å². The first-order valence-corrected chi connectivity index (χ1v) is 7.41. The number of ether oxygens (including phenoxy) is 1. The molecule has 5 heteroatoms. The second kappa shape index (κ2) is 5.85. The van der Waals surface area contributed by atoms with Crippen molar-refractivity contribution in [2.24, 2.45) is 0 Å². The lowest BCUT2D eigenvalue weighted by Crippen LogP contribution is -2.03. The van der Waals surface area contributed by atoms with Gasteiger partial charge in [0, 0.05) is 9.90 Å². The summed E-state index contributed by atoms with van der Waals surface area (Å²) in [7, 11) is 1.36. The Bertz CT molecular complexity index is 649. The highest BCUT2D eigenvalue weighted by atomic mass is 35.5. The van der Waals surface area contributed by atoms with Crippen LogP contribution in [0, 0.1) is 0 Å². The van der Waals surface area contributed by atoms with E-state index in [1.165, 1.54) is 18.4 Å². The first-order chi connectivity index (χ1) is 9.45. The van der Waals surface area contributed by atoms with Gasteiger partial charge in [-0.2, -0.15) is 0 Å². The summed E-state index contributed by atoms with van der Waals surface area (Å²) in [6.45, 7) is 4.10. The topological polar surface area (TPSA) is 52.3 Å². The zero-order valence-electron chi connectivity index (χ0n) is 11.6. The van der Waals surface area contributed by atoms with Gasteiger partial charge in [0.15, 0.2) is 0 Å². The summed E-state index contributed by atoms with van der Waals surface area (Å²) in [5.41, 5.74) is 8.58. The number of hydrogen-bond donors (Lipinski definition) is 1. The van der Waals surface area contributed by atoms with Crippen molar-refractivity contribution in [1.29, 1.82) is 0 Å². The van der Waals surface area contributed by atoms with Crippen molar-refractivity contribution in [1.82, 2.24) is 0 Å². The molecule has 2 aromatic rings. The molecule has 0 bridgehead atoms. The number of benzene rings is 1. The molecule has 0 aliphatic carbocycles. The number of esters is 1. The van der Waals surface area contributed by atoms with Crippen molar-refractivity contribution in [3.05, 3.63) is 39.7 Å². The summed E-state index contributed by atoms with van der Waals surface area (Å²) in [6, 6.07) is 7.54. The van der Waals surface area contributed by atoms with Gasteiger partial charge in [0.25, 0.3) is 0 Å². The molecule has 1 aromatic carbocycles. The lowest BCUT2D eigenvalue weighted by molar-refractivity contribution is 0.0607. The third-order valence-electron chi connectivity index (χ3n) is 3.02. The van der Waals surface area contributed by atoms with E-state index in [4.69, 9.17) is 22.1 Å². The molecule has 0 saturated heterocycles. The van der Waals surface area contributed by atoms with Crippen LogP contribution in [0.15, 0.2) is 24.3 Å². The van der Waals surface area contributed by atoms with Crippen molar-refractivity contribution in [3.8, 4) is 10.4 Å². The van der Waals surface area contributed by atoms with Crippen LogP contribution in [0.3, 0.4) is 0 Å². The van der Waals surface area contributed by atoms with Gasteiger partial charge in [-0.15, -0.1) is 11.3 Å². The Hall–Kier alpha value is -1.52. The summed E-state index contributed by atoms with van der Waals surface area (Å²) in [6.07, 6.45) is 0. The SMILES string of the molecule is COC(=O)c1sc(-c2cccc(Cl)c2)c(C(C)C)c1N. The van der Waals surface area contributed by atoms with Crippen molar-refractivity contribution in [2.45, 2.75) is 19.8 Å². The van der Waals surface area contributed by atoms with E-state index in [2.05, 4.69) is 0 Å².